The number of hydrogen-bond donors (Lipinski definition) is 2. The molecule has 0 amide bonds. The van der Waals surface area contributed by atoms with E-state index in [1.165, 1.54) is 0 Å². The lowest BCUT2D eigenvalue weighted by Crippen LogP contribution is -2.11. The van der Waals surface area contributed by atoms with Gasteiger partial charge in [0.15, 0.2) is 0 Å². The first-order valence-electron chi connectivity index (χ1n) is 5.73. The maximum Gasteiger partial charge on any atom is 0.337 e. The van der Waals surface area contributed by atoms with E-state index in [1.807, 2.05) is 13.0 Å². The Morgan fingerprint density at radius 2 is 2.31 bits per heavy atom. The molecule has 86 valence electrons. The molecule has 0 bridgehead atoms. The highest BCUT2D eigenvalue weighted by Crippen LogP contribution is 2.37. The number of carbonyl (C=O) groups is 1. The van der Waals surface area contributed by atoms with Crippen LogP contribution in [0.4, 0.5) is 5.69 Å². The van der Waals surface area contributed by atoms with Gasteiger partial charge in [-0.05, 0) is 30.9 Å². The zero-order valence-corrected chi connectivity index (χ0v) is 9.66. The molecule has 0 saturated heterocycles. The number of para-hydroxylation sites is 1. The number of hydrogen-bond acceptors (Lipinski definition) is 2. The molecule has 0 spiro atoms. The smallest absolute Gasteiger partial charge is 0.337 e. The quantitative estimate of drug-likeness (QED) is 0.818. The van der Waals surface area contributed by atoms with Crippen molar-refractivity contribution < 1.29 is 9.90 Å². The highest BCUT2D eigenvalue weighted by atomic mass is 16.4. The van der Waals surface area contributed by atoms with Crippen molar-refractivity contribution in [3.05, 3.63) is 29.3 Å². The molecule has 16 heavy (non-hydrogen) atoms. The van der Waals surface area contributed by atoms with E-state index in [4.69, 9.17) is 5.11 Å². The average molecular weight is 219 g/mol. The van der Waals surface area contributed by atoms with Crippen molar-refractivity contribution in [2.24, 2.45) is 5.92 Å². The molecular formula is C13H17NO2. The van der Waals surface area contributed by atoms with Crippen molar-refractivity contribution in [3.63, 3.8) is 0 Å². The zero-order valence-electron chi connectivity index (χ0n) is 9.66. The highest BCUT2D eigenvalue weighted by molar-refractivity contribution is 5.95. The molecule has 1 saturated carbocycles. The molecule has 0 aromatic heterocycles. The van der Waals surface area contributed by atoms with Crippen molar-refractivity contribution in [3.8, 4) is 0 Å². The van der Waals surface area contributed by atoms with Gasteiger partial charge in [-0.15, -0.1) is 0 Å². The molecule has 3 nitrogen and oxygen atoms in total. The van der Waals surface area contributed by atoms with Crippen molar-refractivity contribution in [1.29, 1.82) is 0 Å². The Hall–Kier alpha value is -1.51. The summed E-state index contributed by atoms with van der Waals surface area (Å²) >= 11 is 0. The van der Waals surface area contributed by atoms with E-state index in [1.54, 1.807) is 12.1 Å². The van der Waals surface area contributed by atoms with Crippen molar-refractivity contribution in [2.75, 3.05) is 5.32 Å². The molecule has 0 radical (unpaired) electrons. The molecular weight excluding hydrogens is 202 g/mol. The molecule has 2 rings (SSSR count). The molecule has 1 aromatic carbocycles. The summed E-state index contributed by atoms with van der Waals surface area (Å²) in [5, 5.41) is 12.5. The summed E-state index contributed by atoms with van der Waals surface area (Å²) in [4.78, 5) is 11.1. The van der Waals surface area contributed by atoms with E-state index in [9.17, 15) is 4.79 Å². The van der Waals surface area contributed by atoms with E-state index < -0.39 is 5.97 Å². The Kier molecular flexibility index (Phi) is 2.86. The van der Waals surface area contributed by atoms with Crippen LogP contribution in [0.5, 0.6) is 0 Å². The maximum atomic E-state index is 11.1. The molecule has 2 N–H and O–H groups in total. The summed E-state index contributed by atoms with van der Waals surface area (Å²) < 4.78 is 0. The fourth-order valence-corrected chi connectivity index (χ4v) is 2.10. The van der Waals surface area contributed by atoms with Crippen LogP contribution in [0.25, 0.3) is 0 Å². The van der Waals surface area contributed by atoms with Crippen LogP contribution in [0.2, 0.25) is 0 Å². The van der Waals surface area contributed by atoms with E-state index >= 15 is 0 Å². The predicted octanol–water partition coefficient (Wildman–Crippen LogP) is 2.90. The number of carboxylic acid groups (broad SMARTS) is 1. The van der Waals surface area contributed by atoms with Crippen molar-refractivity contribution >= 4 is 11.7 Å². The number of aryl methyl sites for hydroxylation is 1. The van der Waals surface area contributed by atoms with E-state index in [0.717, 1.165) is 24.1 Å². The van der Waals surface area contributed by atoms with Gasteiger partial charge in [0.05, 0.1) is 11.3 Å². The third-order valence-electron chi connectivity index (χ3n) is 3.28. The number of aromatic carboxylic acids is 1. The minimum atomic E-state index is -0.861. The number of benzene rings is 1. The Balaban J connectivity index is 2.22. The summed E-state index contributed by atoms with van der Waals surface area (Å²) in [6.45, 7) is 4.11. The van der Waals surface area contributed by atoms with Crippen LogP contribution in [0.15, 0.2) is 18.2 Å². The van der Waals surface area contributed by atoms with E-state index in [2.05, 4.69) is 12.2 Å². The third-order valence-corrected chi connectivity index (χ3v) is 3.28. The van der Waals surface area contributed by atoms with Crippen molar-refractivity contribution in [2.45, 2.75) is 32.7 Å². The van der Waals surface area contributed by atoms with Gasteiger partial charge >= 0.3 is 5.97 Å². The second-order valence-corrected chi connectivity index (χ2v) is 4.46. The first kappa shape index (κ1) is 11.0. The normalized spacial score (nSPS) is 22.9. The van der Waals surface area contributed by atoms with Gasteiger partial charge in [-0.3, -0.25) is 0 Å². The maximum absolute atomic E-state index is 11.1. The van der Waals surface area contributed by atoms with Crippen LogP contribution in [0.1, 0.15) is 35.7 Å². The van der Waals surface area contributed by atoms with Crippen LogP contribution in [-0.4, -0.2) is 17.1 Å². The van der Waals surface area contributed by atoms with E-state index in [0.29, 0.717) is 17.5 Å². The monoisotopic (exact) mass is 219 g/mol. The van der Waals surface area contributed by atoms with Crippen LogP contribution < -0.4 is 5.32 Å². The van der Waals surface area contributed by atoms with Crippen molar-refractivity contribution in [1.82, 2.24) is 0 Å². The minimum absolute atomic E-state index is 0.377. The summed E-state index contributed by atoms with van der Waals surface area (Å²) in [5.41, 5.74) is 2.17. The second-order valence-electron chi connectivity index (χ2n) is 4.46. The van der Waals surface area contributed by atoms with Gasteiger partial charge in [-0.2, -0.15) is 0 Å². The average Bonchev–Trinajstić information content (AvgIpc) is 2.99. The highest BCUT2D eigenvalue weighted by Gasteiger charge is 2.36. The Bertz CT molecular complexity index is 414. The molecule has 3 heteroatoms. The summed E-state index contributed by atoms with van der Waals surface area (Å²) in [5.74, 6) is -0.152. The first-order valence-corrected chi connectivity index (χ1v) is 5.73. The molecule has 0 heterocycles. The third kappa shape index (κ3) is 2.03. The summed E-state index contributed by atoms with van der Waals surface area (Å²) in [6, 6.07) is 5.84. The first-order chi connectivity index (χ1) is 7.63. The molecule has 2 atom stereocenters. The molecule has 0 aliphatic heterocycles. The number of carboxylic acids is 1. The fraction of sp³-hybridized carbons (Fsp3) is 0.462. The van der Waals surface area contributed by atoms with Gasteiger partial charge in [0.2, 0.25) is 0 Å². The van der Waals surface area contributed by atoms with Gasteiger partial charge in [0, 0.05) is 6.04 Å². The molecule has 1 aliphatic carbocycles. The minimum Gasteiger partial charge on any atom is -0.478 e. The predicted molar refractivity (Wildman–Crippen MR) is 63.9 cm³/mol. The van der Waals surface area contributed by atoms with E-state index in [-0.39, 0.29) is 0 Å². The lowest BCUT2D eigenvalue weighted by Gasteiger charge is -2.12. The fourth-order valence-electron chi connectivity index (χ4n) is 2.10. The standard InChI is InChI=1S/C13H17NO2/c1-3-9-7-11(9)14-12-8(2)5-4-6-10(12)13(15)16/h4-6,9,11,14H,3,7H2,1-2H3,(H,15,16). The number of anilines is 1. The zero-order chi connectivity index (χ0) is 11.7. The Morgan fingerprint density at radius 1 is 1.56 bits per heavy atom. The molecule has 1 fully saturated rings. The second kappa shape index (κ2) is 4.16. The summed E-state index contributed by atoms with van der Waals surface area (Å²) in [6.07, 6.45) is 2.32. The van der Waals surface area contributed by atoms with Gasteiger partial charge in [0.1, 0.15) is 0 Å². The van der Waals surface area contributed by atoms with Gasteiger partial charge in [-0.1, -0.05) is 25.5 Å². The Morgan fingerprint density at radius 3 is 2.88 bits per heavy atom. The molecule has 1 aromatic rings. The summed E-state index contributed by atoms with van der Waals surface area (Å²) in [7, 11) is 0. The molecule has 1 aliphatic rings. The largest absolute Gasteiger partial charge is 0.478 e. The number of nitrogens with one attached hydrogen (secondary N) is 1. The van der Waals surface area contributed by atoms with Crippen LogP contribution in [0.3, 0.4) is 0 Å². The molecule has 2 unspecified atom stereocenters. The van der Waals surface area contributed by atoms with Crippen LogP contribution >= 0.6 is 0 Å². The van der Waals surface area contributed by atoms with Crippen LogP contribution in [-0.2, 0) is 0 Å². The van der Waals surface area contributed by atoms with Crippen LogP contribution in [0, 0.1) is 12.8 Å². The number of rotatable bonds is 4. The topological polar surface area (TPSA) is 49.3 Å². The SMILES string of the molecule is CCC1CC1Nc1c(C)cccc1C(=O)O. The lowest BCUT2D eigenvalue weighted by atomic mass is 10.1. The Labute approximate surface area is 95.5 Å². The van der Waals surface area contributed by atoms with Gasteiger partial charge in [0.25, 0.3) is 0 Å². The lowest BCUT2D eigenvalue weighted by molar-refractivity contribution is 0.0698. The van der Waals surface area contributed by atoms with Gasteiger partial charge in [-0.25, -0.2) is 4.79 Å². The van der Waals surface area contributed by atoms with Gasteiger partial charge < -0.3 is 10.4 Å².